The van der Waals surface area contributed by atoms with Gasteiger partial charge in [0.1, 0.15) is 12.0 Å². The van der Waals surface area contributed by atoms with Crippen molar-refractivity contribution in [1.82, 2.24) is 15.3 Å². The van der Waals surface area contributed by atoms with Gasteiger partial charge in [-0.3, -0.25) is 4.98 Å². The Morgan fingerprint density at radius 3 is 2.13 bits per heavy atom. The van der Waals surface area contributed by atoms with Gasteiger partial charge in [0, 0.05) is 39.9 Å². The van der Waals surface area contributed by atoms with E-state index in [4.69, 9.17) is 15.0 Å². The van der Waals surface area contributed by atoms with Crippen LogP contribution in [0.15, 0.2) is 156 Å². The second kappa shape index (κ2) is 12.1. The van der Waals surface area contributed by atoms with E-state index < -0.39 is 0 Å². The summed E-state index contributed by atoms with van der Waals surface area (Å²) < 4.78 is 0. The molecule has 226 valence electrons. The van der Waals surface area contributed by atoms with E-state index >= 15 is 0 Å². The first-order valence-corrected chi connectivity index (χ1v) is 16.0. The number of amidine groups is 2. The van der Waals surface area contributed by atoms with E-state index in [-0.39, 0.29) is 6.17 Å². The van der Waals surface area contributed by atoms with Gasteiger partial charge in [0.15, 0.2) is 5.84 Å². The summed E-state index contributed by atoms with van der Waals surface area (Å²) in [6, 6.07) is 46.4. The van der Waals surface area contributed by atoms with Crippen LogP contribution in [-0.2, 0) is 0 Å². The Morgan fingerprint density at radius 1 is 0.596 bits per heavy atom. The molecule has 5 aromatic carbocycles. The van der Waals surface area contributed by atoms with Gasteiger partial charge in [-0.15, -0.1) is 0 Å². The van der Waals surface area contributed by atoms with Crippen LogP contribution in [0.4, 0.5) is 0 Å². The van der Waals surface area contributed by atoms with E-state index in [2.05, 4.69) is 115 Å². The summed E-state index contributed by atoms with van der Waals surface area (Å²) in [7, 11) is 0. The van der Waals surface area contributed by atoms with E-state index in [1.165, 1.54) is 5.56 Å². The molecule has 47 heavy (non-hydrogen) atoms. The summed E-state index contributed by atoms with van der Waals surface area (Å²) in [5.41, 5.74) is 9.43. The molecule has 2 aromatic heterocycles. The molecule has 0 amide bonds. The molecule has 1 aliphatic heterocycles. The van der Waals surface area contributed by atoms with Crippen molar-refractivity contribution in [3.8, 4) is 22.4 Å². The maximum absolute atomic E-state index is 5.25. The van der Waals surface area contributed by atoms with Crippen molar-refractivity contribution < 1.29 is 0 Å². The van der Waals surface area contributed by atoms with Crippen molar-refractivity contribution in [2.75, 3.05) is 0 Å². The minimum absolute atomic E-state index is 0.380. The first-order chi connectivity index (χ1) is 23.1. The lowest BCUT2D eigenvalue weighted by atomic mass is 9.92. The fourth-order valence-corrected chi connectivity index (χ4v) is 6.29. The number of rotatable bonds is 6. The molecule has 0 bridgehead atoms. The van der Waals surface area contributed by atoms with Gasteiger partial charge in [-0.25, -0.2) is 15.0 Å². The predicted molar refractivity (Wildman–Crippen MR) is 194 cm³/mol. The minimum Gasteiger partial charge on any atom is -0.344 e. The zero-order valence-corrected chi connectivity index (χ0v) is 26.3. The van der Waals surface area contributed by atoms with Gasteiger partial charge in [0.25, 0.3) is 0 Å². The number of benzene rings is 5. The Labute approximate surface area is 274 Å². The minimum atomic E-state index is -0.380. The third kappa shape index (κ3) is 5.57. The van der Waals surface area contributed by atoms with Gasteiger partial charge >= 0.3 is 0 Å². The van der Waals surface area contributed by atoms with Crippen LogP contribution in [0.3, 0.4) is 0 Å². The molecular formula is C42H33N5. The Kier molecular flexibility index (Phi) is 7.35. The van der Waals surface area contributed by atoms with Crippen molar-refractivity contribution in [3.63, 3.8) is 0 Å². The fourth-order valence-electron chi connectivity index (χ4n) is 6.29. The molecule has 0 radical (unpaired) electrons. The lowest BCUT2D eigenvalue weighted by molar-refractivity contribution is 0.674. The van der Waals surface area contributed by atoms with E-state index in [1.807, 2.05) is 54.9 Å². The Hall–Kier alpha value is -5.94. The van der Waals surface area contributed by atoms with Crippen molar-refractivity contribution in [3.05, 3.63) is 168 Å². The maximum atomic E-state index is 5.25. The molecule has 0 spiro atoms. The fraction of sp³-hybridized carbons (Fsp3) is 0.0952. The van der Waals surface area contributed by atoms with Crippen molar-refractivity contribution in [1.29, 1.82) is 0 Å². The smallest absolute Gasteiger partial charge is 0.159 e. The third-order valence-electron chi connectivity index (χ3n) is 8.76. The van der Waals surface area contributed by atoms with Crippen LogP contribution in [0.25, 0.3) is 44.1 Å². The Morgan fingerprint density at radius 2 is 1.32 bits per heavy atom. The molecule has 7 aromatic rings. The molecule has 5 nitrogen and oxygen atoms in total. The SMILES string of the molecule is CC(C)c1cccc(-c2cc(-c3nc4ccccc4c4ccncc34)cc(C3N=C(c4ccccc4)N=C(c4ccccc4)N3)c2)c1. The van der Waals surface area contributed by atoms with Gasteiger partial charge < -0.3 is 5.32 Å². The highest BCUT2D eigenvalue weighted by Gasteiger charge is 2.23. The van der Waals surface area contributed by atoms with Crippen LogP contribution in [0.2, 0.25) is 0 Å². The Bertz CT molecular complexity index is 2310. The van der Waals surface area contributed by atoms with Crippen LogP contribution in [0.5, 0.6) is 0 Å². The normalized spacial score (nSPS) is 14.6. The monoisotopic (exact) mass is 607 g/mol. The summed E-state index contributed by atoms with van der Waals surface area (Å²) in [6.45, 7) is 4.46. The number of fused-ring (bicyclic) bond motifs is 3. The maximum Gasteiger partial charge on any atom is 0.159 e. The molecule has 8 rings (SSSR count). The number of para-hydroxylation sites is 1. The van der Waals surface area contributed by atoms with Gasteiger partial charge in [-0.1, -0.05) is 117 Å². The number of pyridine rings is 2. The molecule has 1 unspecified atom stereocenters. The zero-order chi connectivity index (χ0) is 31.7. The lowest BCUT2D eigenvalue weighted by Crippen LogP contribution is -2.33. The van der Waals surface area contributed by atoms with E-state index in [0.717, 1.165) is 66.6 Å². The molecule has 3 heterocycles. The summed E-state index contributed by atoms with van der Waals surface area (Å²) in [5.74, 6) is 1.90. The zero-order valence-electron chi connectivity index (χ0n) is 26.3. The highest BCUT2D eigenvalue weighted by Crippen LogP contribution is 2.37. The van der Waals surface area contributed by atoms with E-state index in [9.17, 15) is 0 Å². The van der Waals surface area contributed by atoms with Gasteiger partial charge in [0.2, 0.25) is 0 Å². The number of nitrogens with one attached hydrogen (secondary N) is 1. The standard InChI is InChI=1S/C42H33N5/c1-27(2)30-16-11-17-31(22-30)32-23-33(39-37-26-43-21-20-35(37)36-18-9-10-19-38(36)44-39)25-34(24-32)42-46-40(28-12-5-3-6-13-28)45-41(47-42)29-14-7-4-8-15-29/h3-27,42H,1-2H3,(H,45,46,47). The predicted octanol–water partition coefficient (Wildman–Crippen LogP) is 9.74. The number of aromatic nitrogens is 2. The first kappa shape index (κ1) is 28.5. The van der Waals surface area contributed by atoms with Crippen LogP contribution < -0.4 is 5.32 Å². The topological polar surface area (TPSA) is 62.5 Å². The molecule has 5 heteroatoms. The second-order valence-corrected chi connectivity index (χ2v) is 12.2. The molecule has 0 saturated heterocycles. The molecule has 0 saturated carbocycles. The number of nitrogens with zero attached hydrogens (tertiary/aromatic N) is 4. The van der Waals surface area contributed by atoms with Crippen LogP contribution >= 0.6 is 0 Å². The third-order valence-corrected chi connectivity index (χ3v) is 8.76. The van der Waals surface area contributed by atoms with E-state index in [0.29, 0.717) is 11.8 Å². The van der Waals surface area contributed by atoms with E-state index in [1.54, 1.807) is 0 Å². The summed E-state index contributed by atoms with van der Waals surface area (Å²) in [4.78, 5) is 20.0. The second-order valence-electron chi connectivity index (χ2n) is 12.2. The molecule has 0 aliphatic carbocycles. The first-order valence-electron chi connectivity index (χ1n) is 16.0. The summed E-state index contributed by atoms with van der Waals surface area (Å²) in [5, 5.41) is 6.93. The largest absolute Gasteiger partial charge is 0.344 e. The van der Waals surface area contributed by atoms with Gasteiger partial charge in [0.05, 0.1) is 11.2 Å². The molecule has 1 atom stereocenters. The average Bonchev–Trinajstić information content (AvgIpc) is 3.15. The van der Waals surface area contributed by atoms with Gasteiger partial charge in [-0.05, 0) is 63.9 Å². The van der Waals surface area contributed by atoms with Crippen LogP contribution in [-0.4, -0.2) is 21.6 Å². The van der Waals surface area contributed by atoms with Crippen LogP contribution in [0.1, 0.15) is 48.2 Å². The lowest BCUT2D eigenvalue weighted by Gasteiger charge is -2.25. The van der Waals surface area contributed by atoms with Crippen LogP contribution in [0, 0.1) is 0 Å². The Balaban J connectivity index is 1.36. The molecule has 0 fully saturated rings. The molecular weight excluding hydrogens is 574 g/mol. The molecule has 1 N–H and O–H groups in total. The van der Waals surface area contributed by atoms with Crippen molar-refractivity contribution in [2.24, 2.45) is 9.98 Å². The number of hydrogen-bond acceptors (Lipinski definition) is 5. The summed E-state index contributed by atoms with van der Waals surface area (Å²) >= 11 is 0. The number of aliphatic imine (C=N–C) groups is 2. The highest BCUT2D eigenvalue weighted by molar-refractivity contribution is 6.13. The average molecular weight is 608 g/mol. The number of hydrogen-bond donors (Lipinski definition) is 1. The highest BCUT2D eigenvalue weighted by atomic mass is 15.2. The molecule has 1 aliphatic rings. The van der Waals surface area contributed by atoms with Crippen molar-refractivity contribution in [2.45, 2.75) is 25.9 Å². The summed E-state index contributed by atoms with van der Waals surface area (Å²) in [6.07, 6.45) is 3.41. The quantitative estimate of drug-likeness (QED) is 0.191. The van der Waals surface area contributed by atoms with Crippen molar-refractivity contribution >= 4 is 33.3 Å². The van der Waals surface area contributed by atoms with Gasteiger partial charge in [-0.2, -0.15) is 0 Å².